The van der Waals surface area contributed by atoms with Crippen LogP contribution >= 0.6 is 15.9 Å². The van der Waals surface area contributed by atoms with Crippen molar-refractivity contribution < 1.29 is 9.21 Å². The number of furan rings is 1. The largest absolute Gasteiger partial charge is 0.444 e. The molecule has 1 amide bonds. The molecular weight excluding hydrogens is 296 g/mol. The maximum absolute atomic E-state index is 12.0. The Bertz CT molecular complexity index is 525. The molecule has 0 saturated carbocycles. The standard InChI is InChI=1S/C13H13BrN2O2/c1-16(9-7-10-4-2-3-8-15-10)13(17)11-5-6-12(14)18-11/h2-6,8H,7,9H2,1H3. The molecule has 0 aliphatic rings. The van der Waals surface area contributed by atoms with Gasteiger partial charge in [0.05, 0.1) is 0 Å². The van der Waals surface area contributed by atoms with Gasteiger partial charge < -0.3 is 9.32 Å². The number of halogens is 1. The van der Waals surface area contributed by atoms with Gasteiger partial charge >= 0.3 is 0 Å². The molecule has 4 nitrogen and oxygen atoms in total. The van der Waals surface area contributed by atoms with E-state index in [2.05, 4.69) is 20.9 Å². The lowest BCUT2D eigenvalue weighted by Gasteiger charge is -2.15. The van der Waals surface area contributed by atoms with Gasteiger partial charge in [-0.3, -0.25) is 9.78 Å². The zero-order valence-corrected chi connectivity index (χ0v) is 11.6. The van der Waals surface area contributed by atoms with Crippen LogP contribution in [0.2, 0.25) is 0 Å². The fraction of sp³-hybridized carbons (Fsp3) is 0.231. The van der Waals surface area contributed by atoms with E-state index in [-0.39, 0.29) is 5.91 Å². The molecule has 18 heavy (non-hydrogen) atoms. The second-order valence-corrected chi connectivity index (χ2v) is 4.68. The lowest BCUT2D eigenvalue weighted by atomic mass is 10.2. The second kappa shape index (κ2) is 5.82. The highest BCUT2D eigenvalue weighted by atomic mass is 79.9. The van der Waals surface area contributed by atoms with Crippen LogP contribution in [0.25, 0.3) is 0 Å². The van der Waals surface area contributed by atoms with Gasteiger partial charge in [0.2, 0.25) is 0 Å². The highest BCUT2D eigenvalue weighted by Gasteiger charge is 2.15. The smallest absolute Gasteiger partial charge is 0.289 e. The molecular formula is C13H13BrN2O2. The van der Waals surface area contributed by atoms with Gasteiger partial charge in [0.25, 0.3) is 5.91 Å². The van der Waals surface area contributed by atoms with E-state index in [1.54, 1.807) is 30.3 Å². The number of pyridine rings is 1. The van der Waals surface area contributed by atoms with Crippen molar-refractivity contribution in [3.63, 3.8) is 0 Å². The molecule has 0 aliphatic carbocycles. The molecule has 2 heterocycles. The molecule has 94 valence electrons. The maximum Gasteiger partial charge on any atom is 0.289 e. The quantitative estimate of drug-likeness (QED) is 0.872. The molecule has 2 rings (SSSR count). The van der Waals surface area contributed by atoms with Crippen molar-refractivity contribution in [2.24, 2.45) is 0 Å². The Balaban J connectivity index is 1.92. The zero-order valence-electron chi connectivity index (χ0n) is 9.97. The monoisotopic (exact) mass is 308 g/mol. The summed E-state index contributed by atoms with van der Waals surface area (Å²) in [5.74, 6) is 0.210. The highest BCUT2D eigenvalue weighted by Crippen LogP contribution is 2.15. The average molecular weight is 309 g/mol. The Morgan fingerprint density at radius 3 is 2.83 bits per heavy atom. The van der Waals surface area contributed by atoms with Crippen LogP contribution in [0.4, 0.5) is 0 Å². The summed E-state index contributed by atoms with van der Waals surface area (Å²) in [4.78, 5) is 17.8. The van der Waals surface area contributed by atoms with Crippen molar-refractivity contribution in [1.29, 1.82) is 0 Å². The van der Waals surface area contributed by atoms with Crippen molar-refractivity contribution in [2.75, 3.05) is 13.6 Å². The molecule has 0 atom stereocenters. The van der Waals surface area contributed by atoms with Gasteiger partial charge in [-0.25, -0.2) is 0 Å². The SMILES string of the molecule is CN(CCc1ccccn1)C(=O)c1ccc(Br)o1. The molecule has 0 radical (unpaired) electrons. The van der Waals surface area contributed by atoms with E-state index in [1.165, 1.54) is 0 Å². The number of carbonyl (C=O) groups is 1. The van der Waals surface area contributed by atoms with Crippen molar-refractivity contribution in [2.45, 2.75) is 6.42 Å². The van der Waals surface area contributed by atoms with Crippen LogP contribution in [0.15, 0.2) is 45.6 Å². The predicted molar refractivity (Wildman–Crippen MR) is 71.3 cm³/mol. The normalized spacial score (nSPS) is 10.3. The van der Waals surface area contributed by atoms with Crippen molar-refractivity contribution in [3.8, 4) is 0 Å². The molecule has 5 heteroatoms. The topological polar surface area (TPSA) is 46.3 Å². The van der Waals surface area contributed by atoms with Crippen LogP contribution in [0.3, 0.4) is 0 Å². The lowest BCUT2D eigenvalue weighted by Crippen LogP contribution is -2.28. The summed E-state index contributed by atoms with van der Waals surface area (Å²) >= 11 is 3.18. The Hall–Kier alpha value is -1.62. The van der Waals surface area contributed by atoms with E-state index in [1.807, 2.05) is 18.2 Å². The Labute approximate surface area is 114 Å². The van der Waals surface area contributed by atoms with Gasteiger partial charge in [0, 0.05) is 31.9 Å². The first kappa shape index (κ1) is 12.8. The molecule has 0 spiro atoms. The highest BCUT2D eigenvalue weighted by molar-refractivity contribution is 9.10. The van der Waals surface area contributed by atoms with Gasteiger partial charge in [0.1, 0.15) is 0 Å². The van der Waals surface area contributed by atoms with Gasteiger partial charge in [-0.15, -0.1) is 0 Å². The summed E-state index contributed by atoms with van der Waals surface area (Å²) in [6.07, 6.45) is 2.48. The number of hydrogen-bond acceptors (Lipinski definition) is 3. The number of carbonyl (C=O) groups excluding carboxylic acids is 1. The minimum absolute atomic E-state index is 0.128. The van der Waals surface area contributed by atoms with Gasteiger partial charge in [-0.2, -0.15) is 0 Å². The van der Waals surface area contributed by atoms with E-state index in [9.17, 15) is 4.79 Å². The van der Waals surface area contributed by atoms with E-state index >= 15 is 0 Å². The summed E-state index contributed by atoms with van der Waals surface area (Å²) in [6, 6.07) is 9.12. The van der Waals surface area contributed by atoms with Crippen molar-refractivity contribution in [1.82, 2.24) is 9.88 Å². The minimum atomic E-state index is -0.128. The first-order valence-electron chi connectivity index (χ1n) is 5.57. The van der Waals surface area contributed by atoms with E-state index in [4.69, 9.17) is 4.42 Å². The van der Waals surface area contributed by atoms with Gasteiger partial charge in [-0.05, 0) is 40.2 Å². The van der Waals surface area contributed by atoms with Crippen LogP contribution in [-0.2, 0) is 6.42 Å². The van der Waals surface area contributed by atoms with Crippen LogP contribution < -0.4 is 0 Å². The lowest BCUT2D eigenvalue weighted by molar-refractivity contribution is 0.0763. The van der Waals surface area contributed by atoms with E-state index < -0.39 is 0 Å². The third kappa shape index (κ3) is 3.20. The van der Waals surface area contributed by atoms with Gasteiger partial charge in [0.15, 0.2) is 10.4 Å². The summed E-state index contributed by atoms with van der Waals surface area (Å²) in [5.41, 5.74) is 0.970. The number of nitrogens with zero attached hydrogens (tertiary/aromatic N) is 2. The first-order valence-corrected chi connectivity index (χ1v) is 6.37. The molecule has 2 aromatic rings. The average Bonchev–Trinajstić information content (AvgIpc) is 2.83. The van der Waals surface area contributed by atoms with Crippen LogP contribution in [0, 0.1) is 0 Å². The van der Waals surface area contributed by atoms with Gasteiger partial charge in [-0.1, -0.05) is 6.07 Å². The van der Waals surface area contributed by atoms with E-state index in [0.717, 1.165) is 12.1 Å². The molecule has 0 bridgehead atoms. The first-order chi connectivity index (χ1) is 8.66. The van der Waals surface area contributed by atoms with Crippen molar-refractivity contribution in [3.05, 3.63) is 52.7 Å². The van der Waals surface area contributed by atoms with Crippen LogP contribution in [0.1, 0.15) is 16.2 Å². The zero-order chi connectivity index (χ0) is 13.0. The Kier molecular flexibility index (Phi) is 4.15. The Morgan fingerprint density at radius 1 is 1.39 bits per heavy atom. The van der Waals surface area contributed by atoms with E-state index in [0.29, 0.717) is 17.0 Å². The van der Waals surface area contributed by atoms with Crippen molar-refractivity contribution >= 4 is 21.8 Å². The summed E-state index contributed by atoms with van der Waals surface area (Å²) in [7, 11) is 1.75. The number of rotatable bonds is 4. The third-order valence-electron chi connectivity index (χ3n) is 2.56. The fourth-order valence-corrected chi connectivity index (χ4v) is 1.85. The molecule has 0 N–H and O–H groups in total. The number of amides is 1. The number of aromatic nitrogens is 1. The summed E-state index contributed by atoms with van der Waals surface area (Å²) < 4.78 is 5.79. The molecule has 2 aromatic heterocycles. The van der Waals surface area contributed by atoms with Crippen LogP contribution in [-0.4, -0.2) is 29.4 Å². The minimum Gasteiger partial charge on any atom is -0.444 e. The van der Waals surface area contributed by atoms with Crippen LogP contribution in [0.5, 0.6) is 0 Å². The molecule has 0 saturated heterocycles. The predicted octanol–water partition coefficient (Wildman–Crippen LogP) is 2.75. The third-order valence-corrected chi connectivity index (χ3v) is 2.99. The molecule has 0 unspecified atom stereocenters. The molecule has 0 aliphatic heterocycles. The summed E-state index contributed by atoms with van der Waals surface area (Å²) in [5, 5.41) is 0. The summed E-state index contributed by atoms with van der Waals surface area (Å²) in [6.45, 7) is 0.605. The molecule has 0 fully saturated rings. The number of likely N-dealkylation sites (N-methyl/N-ethyl adjacent to an activating group) is 1. The maximum atomic E-state index is 12.0. The molecule has 0 aromatic carbocycles. The second-order valence-electron chi connectivity index (χ2n) is 3.90. The number of hydrogen-bond donors (Lipinski definition) is 0. The fourth-order valence-electron chi connectivity index (χ4n) is 1.55. The Morgan fingerprint density at radius 2 is 2.22 bits per heavy atom.